The lowest BCUT2D eigenvalue weighted by atomic mass is 10.3. The summed E-state index contributed by atoms with van der Waals surface area (Å²) in [6, 6.07) is 11.6. The van der Waals surface area contributed by atoms with E-state index in [1.54, 1.807) is 18.2 Å². The molecule has 0 atom stereocenters. The van der Waals surface area contributed by atoms with Crippen LogP contribution in [0.4, 0.5) is 17.6 Å². The molecule has 1 N–H and O–H groups in total. The monoisotopic (exact) mass is 381 g/mol. The summed E-state index contributed by atoms with van der Waals surface area (Å²) in [4.78, 5) is 15.6. The Bertz CT molecular complexity index is 953. The number of alkyl halides is 3. The Morgan fingerprint density at radius 1 is 1.15 bits per heavy atom. The van der Waals surface area contributed by atoms with Crippen LogP contribution in [0.3, 0.4) is 0 Å². The van der Waals surface area contributed by atoms with Crippen molar-refractivity contribution in [2.24, 2.45) is 0 Å². The van der Waals surface area contributed by atoms with E-state index in [0.717, 1.165) is 4.57 Å². The van der Waals surface area contributed by atoms with Gasteiger partial charge in [0.1, 0.15) is 24.7 Å². The second kappa shape index (κ2) is 7.65. The number of rotatable bonds is 6. The first-order valence-corrected chi connectivity index (χ1v) is 8.02. The van der Waals surface area contributed by atoms with Crippen LogP contribution >= 0.6 is 0 Å². The average Bonchev–Trinajstić information content (AvgIpc) is 2.98. The number of hydrogen-bond donors (Lipinski definition) is 1. The summed E-state index contributed by atoms with van der Waals surface area (Å²) >= 11 is 0. The molecule has 1 amide bonds. The third-order valence-corrected chi connectivity index (χ3v) is 3.70. The number of benzene rings is 2. The first kappa shape index (κ1) is 18.7. The highest BCUT2D eigenvalue weighted by atomic mass is 19.4. The molecule has 5 nitrogen and oxygen atoms in total. The molecule has 0 aliphatic heterocycles. The van der Waals surface area contributed by atoms with Gasteiger partial charge in [-0.25, -0.2) is 9.37 Å². The highest BCUT2D eigenvalue weighted by Crippen LogP contribution is 2.31. The predicted octanol–water partition coefficient (Wildman–Crippen LogP) is 3.39. The average molecular weight is 381 g/mol. The van der Waals surface area contributed by atoms with Crippen LogP contribution in [-0.4, -0.2) is 28.6 Å². The summed E-state index contributed by atoms with van der Waals surface area (Å²) in [7, 11) is 0. The van der Waals surface area contributed by atoms with Crippen molar-refractivity contribution in [3.63, 3.8) is 0 Å². The molecule has 2 aromatic carbocycles. The fourth-order valence-electron chi connectivity index (χ4n) is 2.57. The van der Waals surface area contributed by atoms with E-state index in [0.29, 0.717) is 5.75 Å². The fraction of sp³-hybridized carbons (Fsp3) is 0.222. The maximum atomic E-state index is 13.2. The number of nitrogens with one attached hydrogen (secondary N) is 1. The van der Waals surface area contributed by atoms with Crippen LogP contribution in [0.15, 0.2) is 48.5 Å². The smallest absolute Gasteiger partial charge is 0.449 e. The molecule has 0 saturated heterocycles. The van der Waals surface area contributed by atoms with Crippen LogP contribution in [0.1, 0.15) is 5.82 Å². The molecule has 1 aromatic heterocycles. The van der Waals surface area contributed by atoms with Gasteiger partial charge in [-0.05, 0) is 24.3 Å². The van der Waals surface area contributed by atoms with E-state index in [9.17, 15) is 22.4 Å². The minimum Gasteiger partial charge on any atom is -0.492 e. The number of para-hydroxylation sites is 2. The van der Waals surface area contributed by atoms with Crippen molar-refractivity contribution in [3.05, 3.63) is 60.2 Å². The molecule has 9 heteroatoms. The number of fused-ring (bicyclic) bond motifs is 1. The van der Waals surface area contributed by atoms with Crippen LogP contribution in [0.25, 0.3) is 11.0 Å². The van der Waals surface area contributed by atoms with Gasteiger partial charge in [-0.3, -0.25) is 4.79 Å². The van der Waals surface area contributed by atoms with E-state index < -0.39 is 30.3 Å². The van der Waals surface area contributed by atoms with Gasteiger partial charge in [0, 0.05) is 6.07 Å². The molecule has 0 aliphatic rings. The lowest BCUT2D eigenvalue weighted by Crippen LogP contribution is -2.32. The molecule has 0 unspecified atom stereocenters. The number of amides is 1. The third-order valence-electron chi connectivity index (χ3n) is 3.70. The van der Waals surface area contributed by atoms with Gasteiger partial charge < -0.3 is 14.6 Å². The molecule has 0 radical (unpaired) electrons. The summed E-state index contributed by atoms with van der Waals surface area (Å²) in [5, 5.41) is 2.48. The van der Waals surface area contributed by atoms with Crippen LogP contribution in [-0.2, 0) is 17.5 Å². The quantitative estimate of drug-likeness (QED) is 0.526. The van der Waals surface area contributed by atoms with Crippen LogP contribution < -0.4 is 10.1 Å². The second-order valence-corrected chi connectivity index (χ2v) is 5.66. The zero-order chi connectivity index (χ0) is 19.4. The number of imidazole rings is 1. The minimum absolute atomic E-state index is 0.0476. The second-order valence-electron chi connectivity index (χ2n) is 5.66. The van der Waals surface area contributed by atoms with Gasteiger partial charge in [0.05, 0.1) is 17.6 Å². The zero-order valence-corrected chi connectivity index (χ0v) is 14.0. The predicted molar refractivity (Wildman–Crippen MR) is 89.6 cm³/mol. The summed E-state index contributed by atoms with van der Waals surface area (Å²) in [5.74, 6) is -1.91. The van der Waals surface area contributed by atoms with Crippen molar-refractivity contribution in [1.29, 1.82) is 0 Å². The van der Waals surface area contributed by atoms with Crippen molar-refractivity contribution >= 4 is 16.9 Å². The van der Waals surface area contributed by atoms with Crippen molar-refractivity contribution in [2.75, 3.05) is 13.2 Å². The largest absolute Gasteiger partial charge is 0.492 e. The Balaban J connectivity index is 1.62. The maximum Gasteiger partial charge on any atom is 0.449 e. The molecule has 3 rings (SSSR count). The third kappa shape index (κ3) is 4.55. The van der Waals surface area contributed by atoms with Crippen LogP contribution in [0.5, 0.6) is 5.75 Å². The summed E-state index contributed by atoms with van der Waals surface area (Å²) < 4.78 is 58.7. The normalized spacial score (nSPS) is 11.6. The lowest BCUT2D eigenvalue weighted by Gasteiger charge is -2.12. The molecular formula is C18H15F4N3O2. The SMILES string of the molecule is O=C(Cn1c(C(F)(F)F)nc2ccccc21)NCCOc1cccc(F)c1. The van der Waals surface area contributed by atoms with Gasteiger partial charge >= 0.3 is 6.18 Å². The molecule has 0 fully saturated rings. The fourth-order valence-corrected chi connectivity index (χ4v) is 2.57. The number of nitrogens with zero attached hydrogens (tertiary/aromatic N) is 2. The van der Waals surface area contributed by atoms with Gasteiger partial charge in [-0.1, -0.05) is 18.2 Å². The topological polar surface area (TPSA) is 56.2 Å². The first-order chi connectivity index (χ1) is 12.8. The number of halogens is 4. The Morgan fingerprint density at radius 3 is 2.67 bits per heavy atom. The van der Waals surface area contributed by atoms with Gasteiger partial charge in [0.15, 0.2) is 0 Å². The summed E-state index contributed by atoms with van der Waals surface area (Å²) in [6.45, 7) is -0.426. The summed E-state index contributed by atoms with van der Waals surface area (Å²) in [5.41, 5.74) is 0.378. The van der Waals surface area contributed by atoms with Crippen LogP contribution in [0, 0.1) is 5.82 Å². The van der Waals surface area contributed by atoms with E-state index in [1.807, 2.05) is 0 Å². The molecule has 0 aliphatic carbocycles. The zero-order valence-electron chi connectivity index (χ0n) is 14.0. The molecule has 0 saturated carbocycles. The van der Waals surface area contributed by atoms with E-state index in [4.69, 9.17) is 4.74 Å². The van der Waals surface area contributed by atoms with Gasteiger partial charge in [0.25, 0.3) is 0 Å². The van der Waals surface area contributed by atoms with E-state index in [-0.39, 0.29) is 24.2 Å². The number of aromatic nitrogens is 2. The molecule has 1 heterocycles. The number of carbonyl (C=O) groups excluding carboxylic acids is 1. The molecule has 0 spiro atoms. The highest BCUT2D eigenvalue weighted by molar-refractivity contribution is 5.81. The van der Waals surface area contributed by atoms with Gasteiger partial charge in [-0.15, -0.1) is 0 Å². The van der Waals surface area contributed by atoms with E-state index in [2.05, 4.69) is 10.3 Å². The number of ether oxygens (including phenoxy) is 1. The lowest BCUT2D eigenvalue weighted by molar-refractivity contribution is -0.147. The molecule has 27 heavy (non-hydrogen) atoms. The Kier molecular flexibility index (Phi) is 5.29. The Morgan fingerprint density at radius 2 is 1.93 bits per heavy atom. The summed E-state index contributed by atoms with van der Waals surface area (Å²) in [6.07, 6.45) is -4.68. The molecular weight excluding hydrogens is 366 g/mol. The van der Waals surface area contributed by atoms with Crippen LogP contribution in [0.2, 0.25) is 0 Å². The van der Waals surface area contributed by atoms with Crippen molar-refractivity contribution in [3.8, 4) is 5.75 Å². The Labute approximate surface area is 151 Å². The maximum absolute atomic E-state index is 13.2. The molecule has 0 bridgehead atoms. The van der Waals surface area contributed by atoms with Crippen molar-refractivity contribution in [1.82, 2.24) is 14.9 Å². The van der Waals surface area contributed by atoms with E-state index >= 15 is 0 Å². The van der Waals surface area contributed by atoms with Gasteiger partial charge in [-0.2, -0.15) is 13.2 Å². The Hall–Kier alpha value is -3.10. The minimum atomic E-state index is -4.68. The number of hydrogen-bond acceptors (Lipinski definition) is 3. The van der Waals surface area contributed by atoms with E-state index in [1.165, 1.54) is 30.3 Å². The number of carbonyl (C=O) groups is 1. The molecule has 142 valence electrons. The van der Waals surface area contributed by atoms with Crippen molar-refractivity contribution < 1.29 is 27.1 Å². The van der Waals surface area contributed by atoms with Gasteiger partial charge in [0.2, 0.25) is 11.7 Å². The first-order valence-electron chi connectivity index (χ1n) is 8.02. The highest BCUT2D eigenvalue weighted by Gasteiger charge is 2.37. The standard InChI is InChI=1S/C18H15F4N3O2/c19-12-4-3-5-13(10-12)27-9-8-23-16(26)11-25-15-7-2-1-6-14(15)24-17(25)18(20,21)22/h1-7,10H,8-9,11H2,(H,23,26). The molecule has 3 aromatic rings. The van der Waals surface area contributed by atoms with Crippen molar-refractivity contribution in [2.45, 2.75) is 12.7 Å².